The summed E-state index contributed by atoms with van der Waals surface area (Å²) in [5, 5.41) is 2.58. The van der Waals surface area contributed by atoms with Crippen LogP contribution in [0.1, 0.15) is 38.5 Å². The number of alkyl halides is 2. The zero-order valence-electron chi connectivity index (χ0n) is 10.7. The lowest BCUT2D eigenvalue weighted by Gasteiger charge is -2.14. The van der Waals surface area contributed by atoms with Crippen LogP contribution in [-0.2, 0) is 14.8 Å². The molecule has 2 N–H and O–H groups in total. The van der Waals surface area contributed by atoms with Gasteiger partial charge in [-0.15, -0.1) is 0 Å². The summed E-state index contributed by atoms with van der Waals surface area (Å²) in [5.41, 5.74) is 0. The maximum absolute atomic E-state index is 12.0. The van der Waals surface area contributed by atoms with Gasteiger partial charge in [0, 0.05) is 19.0 Å². The van der Waals surface area contributed by atoms with E-state index in [1.165, 1.54) is 0 Å². The van der Waals surface area contributed by atoms with Crippen LogP contribution in [0, 0.1) is 5.92 Å². The van der Waals surface area contributed by atoms with Crippen molar-refractivity contribution in [1.29, 1.82) is 0 Å². The molecule has 1 saturated carbocycles. The number of sulfonamides is 1. The Kier molecular flexibility index (Phi) is 6.64. The van der Waals surface area contributed by atoms with Crippen molar-refractivity contribution < 1.29 is 22.0 Å². The van der Waals surface area contributed by atoms with Crippen LogP contribution in [0.3, 0.4) is 0 Å². The lowest BCUT2D eigenvalue weighted by Crippen LogP contribution is -2.39. The highest BCUT2D eigenvalue weighted by Crippen LogP contribution is 2.22. The fourth-order valence-corrected chi connectivity index (χ4v) is 2.64. The van der Waals surface area contributed by atoms with Crippen molar-refractivity contribution in [3.63, 3.8) is 0 Å². The standard InChI is InChI=1S/C11H20F2N2O3S/c12-11(13)19(17,18)15-8-7-14-10(16)9-5-3-1-2-4-6-9/h9,11,15H,1-8H2,(H,14,16). The molecule has 0 aliphatic heterocycles. The predicted molar refractivity (Wildman–Crippen MR) is 67.1 cm³/mol. The third kappa shape index (κ3) is 5.82. The van der Waals surface area contributed by atoms with E-state index >= 15 is 0 Å². The van der Waals surface area contributed by atoms with Crippen LogP contribution in [-0.4, -0.2) is 33.2 Å². The normalized spacial score (nSPS) is 18.3. The monoisotopic (exact) mass is 298 g/mol. The Morgan fingerprint density at radius 3 is 2.21 bits per heavy atom. The van der Waals surface area contributed by atoms with Gasteiger partial charge in [-0.1, -0.05) is 25.7 Å². The summed E-state index contributed by atoms with van der Waals surface area (Å²) in [4.78, 5) is 11.8. The molecule has 1 rings (SSSR count). The van der Waals surface area contributed by atoms with Gasteiger partial charge in [-0.2, -0.15) is 8.78 Å². The van der Waals surface area contributed by atoms with Gasteiger partial charge in [-0.05, 0) is 12.8 Å². The summed E-state index contributed by atoms with van der Waals surface area (Å²) >= 11 is 0. The minimum atomic E-state index is -4.56. The van der Waals surface area contributed by atoms with Gasteiger partial charge >= 0.3 is 5.76 Å². The molecule has 8 heteroatoms. The van der Waals surface area contributed by atoms with Crippen molar-refractivity contribution in [2.24, 2.45) is 5.92 Å². The number of nitrogens with one attached hydrogen (secondary N) is 2. The number of halogens is 2. The minimum Gasteiger partial charge on any atom is -0.355 e. The number of amides is 1. The van der Waals surface area contributed by atoms with Crippen molar-refractivity contribution in [2.75, 3.05) is 13.1 Å². The molecule has 1 fully saturated rings. The summed E-state index contributed by atoms with van der Waals surface area (Å²) in [5.74, 6) is -3.59. The fourth-order valence-electron chi connectivity index (χ4n) is 2.13. The Hall–Kier alpha value is -0.760. The van der Waals surface area contributed by atoms with E-state index in [-0.39, 0.29) is 24.9 Å². The van der Waals surface area contributed by atoms with Gasteiger partial charge in [0.15, 0.2) is 0 Å². The lowest BCUT2D eigenvalue weighted by molar-refractivity contribution is -0.125. The second-order valence-electron chi connectivity index (χ2n) is 4.68. The number of carbonyl (C=O) groups excluding carboxylic acids is 1. The first-order valence-corrected chi connectivity index (χ1v) is 8.02. The first-order chi connectivity index (χ1) is 8.93. The Bertz CT molecular complexity index is 379. The van der Waals surface area contributed by atoms with E-state index in [1.807, 2.05) is 0 Å². The maximum atomic E-state index is 12.0. The minimum absolute atomic E-state index is 0.0291. The van der Waals surface area contributed by atoms with Crippen LogP contribution in [0.5, 0.6) is 0 Å². The zero-order chi connectivity index (χ0) is 14.3. The summed E-state index contributed by atoms with van der Waals surface area (Å²) < 4.78 is 47.2. The summed E-state index contributed by atoms with van der Waals surface area (Å²) in [6.45, 7) is -0.188. The first-order valence-electron chi connectivity index (χ1n) is 6.48. The Labute approximate surface area is 112 Å². The Morgan fingerprint density at radius 1 is 1.11 bits per heavy atom. The Morgan fingerprint density at radius 2 is 1.68 bits per heavy atom. The van der Waals surface area contributed by atoms with E-state index < -0.39 is 15.8 Å². The molecule has 1 aliphatic carbocycles. The first kappa shape index (κ1) is 16.3. The maximum Gasteiger partial charge on any atom is 0.350 e. The molecule has 5 nitrogen and oxygen atoms in total. The smallest absolute Gasteiger partial charge is 0.350 e. The topological polar surface area (TPSA) is 75.3 Å². The second-order valence-corrected chi connectivity index (χ2v) is 6.41. The zero-order valence-corrected chi connectivity index (χ0v) is 11.5. The molecular formula is C11H20F2N2O3S. The van der Waals surface area contributed by atoms with Crippen LogP contribution < -0.4 is 10.0 Å². The fraction of sp³-hybridized carbons (Fsp3) is 0.909. The molecule has 0 bridgehead atoms. The van der Waals surface area contributed by atoms with Crippen molar-refractivity contribution >= 4 is 15.9 Å². The SMILES string of the molecule is O=C(NCCNS(=O)(=O)C(F)F)C1CCCCCC1. The molecule has 0 radical (unpaired) electrons. The van der Waals surface area contributed by atoms with E-state index in [4.69, 9.17) is 0 Å². The molecular weight excluding hydrogens is 278 g/mol. The highest BCUT2D eigenvalue weighted by atomic mass is 32.2. The van der Waals surface area contributed by atoms with E-state index in [1.54, 1.807) is 4.72 Å². The predicted octanol–water partition coefficient (Wildman–Crippen LogP) is 1.21. The van der Waals surface area contributed by atoms with Crippen LogP contribution in [0.2, 0.25) is 0 Å². The van der Waals surface area contributed by atoms with Gasteiger partial charge in [-0.3, -0.25) is 4.79 Å². The molecule has 0 heterocycles. The molecule has 112 valence electrons. The van der Waals surface area contributed by atoms with Crippen molar-refractivity contribution in [1.82, 2.24) is 10.0 Å². The highest BCUT2D eigenvalue weighted by Gasteiger charge is 2.23. The number of carbonyl (C=O) groups is 1. The third-order valence-electron chi connectivity index (χ3n) is 3.19. The molecule has 1 aliphatic rings. The summed E-state index contributed by atoms with van der Waals surface area (Å²) in [6, 6.07) is 0. The molecule has 0 spiro atoms. The Balaban J connectivity index is 2.23. The number of rotatable bonds is 6. The van der Waals surface area contributed by atoms with Gasteiger partial charge < -0.3 is 5.32 Å². The molecule has 1 amide bonds. The van der Waals surface area contributed by atoms with Crippen LogP contribution in [0.4, 0.5) is 8.78 Å². The van der Waals surface area contributed by atoms with Crippen LogP contribution in [0.25, 0.3) is 0 Å². The molecule has 0 aromatic heterocycles. The quantitative estimate of drug-likeness (QED) is 0.572. The molecule has 0 aromatic rings. The van der Waals surface area contributed by atoms with Gasteiger partial charge in [-0.25, -0.2) is 13.1 Å². The lowest BCUT2D eigenvalue weighted by atomic mass is 10.00. The largest absolute Gasteiger partial charge is 0.355 e. The molecule has 0 aromatic carbocycles. The van der Waals surface area contributed by atoms with Gasteiger partial charge in [0.25, 0.3) is 10.0 Å². The van der Waals surface area contributed by atoms with Crippen LogP contribution in [0.15, 0.2) is 0 Å². The molecule has 19 heavy (non-hydrogen) atoms. The average Bonchev–Trinajstić information content (AvgIpc) is 2.63. The van der Waals surface area contributed by atoms with E-state index in [0.717, 1.165) is 38.5 Å². The van der Waals surface area contributed by atoms with Crippen molar-refractivity contribution in [2.45, 2.75) is 44.3 Å². The molecule has 0 unspecified atom stereocenters. The molecule has 0 atom stereocenters. The number of hydrogen-bond donors (Lipinski definition) is 2. The third-order valence-corrected chi connectivity index (χ3v) is 4.26. The van der Waals surface area contributed by atoms with Gasteiger partial charge in [0.1, 0.15) is 0 Å². The highest BCUT2D eigenvalue weighted by molar-refractivity contribution is 7.89. The summed E-state index contributed by atoms with van der Waals surface area (Å²) in [7, 11) is -4.56. The van der Waals surface area contributed by atoms with Crippen LogP contribution >= 0.6 is 0 Å². The average molecular weight is 298 g/mol. The molecule has 0 saturated heterocycles. The van der Waals surface area contributed by atoms with E-state index in [0.29, 0.717) is 0 Å². The van der Waals surface area contributed by atoms with Gasteiger partial charge in [0.2, 0.25) is 5.91 Å². The second kappa shape index (κ2) is 7.74. The van der Waals surface area contributed by atoms with E-state index in [9.17, 15) is 22.0 Å². The summed E-state index contributed by atoms with van der Waals surface area (Å²) in [6.07, 6.45) is 6.01. The van der Waals surface area contributed by atoms with Gasteiger partial charge in [0.05, 0.1) is 0 Å². The van der Waals surface area contributed by atoms with E-state index in [2.05, 4.69) is 5.32 Å². The van der Waals surface area contributed by atoms with Crippen molar-refractivity contribution in [3.05, 3.63) is 0 Å². The van der Waals surface area contributed by atoms with Crippen molar-refractivity contribution in [3.8, 4) is 0 Å². The number of hydrogen-bond acceptors (Lipinski definition) is 3.